The van der Waals surface area contributed by atoms with Crippen LogP contribution in [0.15, 0.2) is 12.7 Å². The molecule has 5 heteroatoms. The van der Waals surface area contributed by atoms with Crippen molar-refractivity contribution in [3.63, 3.8) is 0 Å². The van der Waals surface area contributed by atoms with E-state index in [0.717, 1.165) is 39.0 Å². The maximum atomic E-state index is 10.7. The Morgan fingerprint density at radius 1 is 1.20 bits per heavy atom. The monoisotopic (exact) mass is 278 g/mol. The largest absolute Gasteiger partial charge is 0.389 e. The van der Waals surface area contributed by atoms with Gasteiger partial charge in [0.1, 0.15) is 12.7 Å². The van der Waals surface area contributed by atoms with Crippen molar-refractivity contribution in [3.05, 3.63) is 12.7 Å². The molecule has 112 valence electrons. The fourth-order valence-corrected chi connectivity index (χ4v) is 3.82. The summed E-state index contributed by atoms with van der Waals surface area (Å²) in [5.74, 6) is 0.637. The average Bonchev–Trinajstić information content (AvgIpc) is 2.92. The van der Waals surface area contributed by atoms with Crippen LogP contribution in [0.3, 0.4) is 0 Å². The van der Waals surface area contributed by atoms with Gasteiger partial charge in [-0.1, -0.05) is 19.3 Å². The number of β-amino-alcohol motifs (C(OH)–C–C–N with tert-alkyl or cyclic N) is 1. The molecular weight excluding hydrogens is 252 g/mol. The summed E-state index contributed by atoms with van der Waals surface area (Å²) in [6.45, 7) is 4.04. The molecule has 1 saturated heterocycles. The predicted molar refractivity (Wildman–Crippen MR) is 77.2 cm³/mol. The molecule has 2 aliphatic rings. The van der Waals surface area contributed by atoms with Gasteiger partial charge in [0.05, 0.1) is 5.60 Å². The summed E-state index contributed by atoms with van der Waals surface area (Å²) in [6.07, 6.45) is 11.5. The molecule has 2 fully saturated rings. The Labute approximate surface area is 121 Å². The molecule has 20 heavy (non-hydrogen) atoms. The van der Waals surface area contributed by atoms with E-state index in [-0.39, 0.29) is 0 Å². The van der Waals surface area contributed by atoms with E-state index < -0.39 is 5.60 Å². The third kappa shape index (κ3) is 3.58. The Kier molecular flexibility index (Phi) is 4.36. The summed E-state index contributed by atoms with van der Waals surface area (Å²) in [4.78, 5) is 6.48. The van der Waals surface area contributed by atoms with Crippen LogP contribution in [0.25, 0.3) is 0 Å². The van der Waals surface area contributed by atoms with Crippen molar-refractivity contribution in [2.45, 2.75) is 57.1 Å². The lowest BCUT2D eigenvalue weighted by molar-refractivity contribution is -0.0352. The second-order valence-corrected chi connectivity index (χ2v) is 6.65. The molecule has 3 rings (SSSR count). The quantitative estimate of drug-likeness (QED) is 0.910. The summed E-state index contributed by atoms with van der Waals surface area (Å²) in [5.41, 5.74) is -0.423. The van der Waals surface area contributed by atoms with Crippen molar-refractivity contribution >= 4 is 0 Å². The zero-order chi connectivity index (χ0) is 13.8. The van der Waals surface area contributed by atoms with Crippen LogP contribution >= 0.6 is 0 Å². The third-order valence-electron chi connectivity index (χ3n) is 4.82. The van der Waals surface area contributed by atoms with Crippen molar-refractivity contribution < 1.29 is 5.11 Å². The Morgan fingerprint density at radius 3 is 2.80 bits per heavy atom. The fourth-order valence-electron chi connectivity index (χ4n) is 3.82. The van der Waals surface area contributed by atoms with E-state index in [1.54, 1.807) is 12.7 Å². The zero-order valence-corrected chi connectivity index (χ0v) is 12.2. The molecule has 1 saturated carbocycles. The molecule has 1 aromatic heterocycles. The number of hydrogen-bond acceptors (Lipinski definition) is 4. The van der Waals surface area contributed by atoms with Gasteiger partial charge in [0, 0.05) is 19.6 Å². The SMILES string of the molecule is OC1(CN2CCC[C@@H](Cn3cncn3)C2)CCCCC1. The minimum Gasteiger partial charge on any atom is -0.389 e. The molecule has 0 bridgehead atoms. The smallest absolute Gasteiger partial charge is 0.137 e. The first-order valence-corrected chi connectivity index (χ1v) is 8.01. The van der Waals surface area contributed by atoms with E-state index in [9.17, 15) is 5.11 Å². The number of likely N-dealkylation sites (tertiary alicyclic amines) is 1. The van der Waals surface area contributed by atoms with E-state index in [1.165, 1.54) is 32.1 Å². The van der Waals surface area contributed by atoms with Crippen molar-refractivity contribution in [2.75, 3.05) is 19.6 Å². The van der Waals surface area contributed by atoms with E-state index in [0.29, 0.717) is 5.92 Å². The number of aromatic nitrogens is 3. The number of piperidine rings is 1. The molecule has 1 aliphatic heterocycles. The first kappa shape index (κ1) is 14.0. The first-order chi connectivity index (χ1) is 9.73. The van der Waals surface area contributed by atoms with Gasteiger partial charge in [-0.3, -0.25) is 4.68 Å². The van der Waals surface area contributed by atoms with E-state index in [4.69, 9.17) is 0 Å². The molecular formula is C15H26N4O. The lowest BCUT2D eigenvalue weighted by Gasteiger charge is -2.40. The Balaban J connectivity index is 1.52. The van der Waals surface area contributed by atoms with Gasteiger partial charge in [-0.2, -0.15) is 5.10 Å². The molecule has 0 amide bonds. The lowest BCUT2D eigenvalue weighted by Crippen LogP contribution is -2.48. The molecule has 0 aromatic carbocycles. The summed E-state index contributed by atoms with van der Waals surface area (Å²) in [5, 5.41) is 14.9. The van der Waals surface area contributed by atoms with Gasteiger partial charge in [0.2, 0.25) is 0 Å². The predicted octanol–water partition coefficient (Wildman–Crippen LogP) is 1.69. The van der Waals surface area contributed by atoms with Crippen molar-refractivity contribution in [2.24, 2.45) is 5.92 Å². The van der Waals surface area contributed by atoms with Crippen LogP contribution in [0.5, 0.6) is 0 Å². The van der Waals surface area contributed by atoms with Gasteiger partial charge in [-0.25, -0.2) is 4.98 Å². The van der Waals surface area contributed by atoms with Crippen LogP contribution in [-0.4, -0.2) is 50.0 Å². The molecule has 1 aliphatic carbocycles. The van der Waals surface area contributed by atoms with Crippen LogP contribution in [0.2, 0.25) is 0 Å². The summed E-state index contributed by atoms with van der Waals surface area (Å²) < 4.78 is 1.93. The standard InChI is InChI=1S/C15H26N4O/c20-15(6-2-1-3-7-15)11-18-8-4-5-14(9-18)10-19-13-16-12-17-19/h12-14,20H,1-11H2/t14-/m1/s1. The lowest BCUT2D eigenvalue weighted by atomic mass is 9.84. The highest BCUT2D eigenvalue weighted by Crippen LogP contribution is 2.30. The highest BCUT2D eigenvalue weighted by molar-refractivity contribution is 4.87. The minimum absolute atomic E-state index is 0.423. The summed E-state index contributed by atoms with van der Waals surface area (Å²) in [7, 11) is 0. The fraction of sp³-hybridized carbons (Fsp3) is 0.867. The highest BCUT2D eigenvalue weighted by atomic mass is 16.3. The van der Waals surface area contributed by atoms with Crippen molar-refractivity contribution in [1.82, 2.24) is 19.7 Å². The second kappa shape index (κ2) is 6.22. The van der Waals surface area contributed by atoms with Crippen LogP contribution in [0, 0.1) is 5.92 Å². The summed E-state index contributed by atoms with van der Waals surface area (Å²) >= 11 is 0. The molecule has 0 unspecified atom stereocenters. The molecule has 0 radical (unpaired) electrons. The van der Waals surface area contributed by atoms with E-state index >= 15 is 0 Å². The third-order valence-corrected chi connectivity index (χ3v) is 4.82. The highest BCUT2D eigenvalue weighted by Gasteiger charge is 2.33. The number of rotatable bonds is 4. The number of nitrogens with zero attached hydrogens (tertiary/aromatic N) is 4. The molecule has 5 nitrogen and oxygen atoms in total. The van der Waals surface area contributed by atoms with Gasteiger partial charge in [-0.15, -0.1) is 0 Å². The Bertz CT molecular complexity index is 400. The van der Waals surface area contributed by atoms with Crippen LogP contribution in [0.4, 0.5) is 0 Å². The van der Waals surface area contributed by atoms with Crippen LogP contribution < -0.4 is 0 Å². The maximum Gasteiger partial charge on any atom is 0.137 e. The van der Waals surface area contributed by atoms with Gasteiger partial charge >= 0.3 is 0 Å². The van der Waals surface area contributed by atoms with Crippen LogP contribution in [-0.2, 0) is 6.54 Å². The summed E-state index contributed by atoms with van der Waals surface area (Å²) in [6, 6.07) is 0. The molecule has 2 heterocycles. The molecule has 1 aromatic rings. The van der Waals surface area contributed by atoms with E-state index in [1.807, 2.05) is 4.68 Å². The zero-order valence-electron chi connectivity index (χ0n) is 12.2. The Hall–Kier alpha value is -0.940. The average molecular weight is 278 g/mol. The van der Waals surface area contributed by atoms with Gasteiger partial charge in [-0.05, 0) is 38.1 Å². The van der Waals surface area contributed by atoms with Gasteiger partial charge in [0.25, 0.3) is 0 Å². The second-order valence-electron chi connectivity index (χ2n) is 6.65. The Morgan fingerprint density at radius 2 is 2.05 bits per heavy atom. The topological polar surface area (TPSA) is 54.2 Å². The van der Waals surface area contributed by atoms with Crippen molar-refractivity contribution in [1.29, 1.82) is 0 Å². The molecule has 0 spiro atoms. The molecule has 1 atom stereocenters. The normalized spacial score (nSPS) is 27.6. The van der Waals surface area contributed by atoms with Gasteiger partial charge in [0.15, 0.2) is 0 Å². The first-order valence-electron chi connectivity index (χ1n) is 8.01. The molecule has 1 N–H and O–H groups in total. The van der Waals surface area contributed by atoms with E-state index in [2.05, 4.69) is 15.0 Å². The van der Waals surface area contributed by atoms with Crippen LogP contribution in [0.1, 0.15) is 44.9 Å². The number of aliphatic hydroxyl groups is 1. The van der Waals surface area contributed by atoms with Crippen molar-refractivity contribution in [3.8, 4) is 0 Å². The number of hydrogen-bond donors (Lipinski definition) is 1. The minimum atomic E-state index is -0.423. The maximum absolute atomic E-state index is 10.7. The van der Waals surface area contributed by atoms with Gasteiger partial charge < -0.3 is 10.0 Å².